The molecule has 0 aliphatic carbocycles. The first-order chi connectivity index (χ1) is 8.60. The predicted molar refractivity (Wildman–Crippen MR) is 84.3 cm³/mol. The first-order valence-electron chi connectivity index (χ1n) is 7.55. The standard InChI is InChI=1S/C15H33NO2S/c1-7-11-19(17,18)12-10-15(8-2,9-3)13-16-14(4,5)6/h16H,7-13H2,1-6H3. The zero-order chi connectivity index (χ0) is 15.2. The molecule has 0 amide bonds. The first-order valence-corrected chi connectivity index (χ1v) is 9.37. The highest BCUT2D eigenvalue weighted by atomic mass is 32.2. The third-order valence-electron chi connectivity index (χ3n) is 3.95. The summed E-state index contributed by atoms with van der Waals surface area (Å²) in [6, 6.07) is 0. The van der Waals surface area contributed by atoms with Gasteiger partial charge in [-0.25, -0.2) is 8.42 Å². The number of sulfone groups is 1. The van der Waals surface area contributed by atoms with Gasteiger partial charge in [-0.15, -0.1) is 0 Å². The van der Waals surface area contributed by atoms with Crippen LogP contribution in [0, 0.1) is 5.41 Å². The average Bonchev–Trinajstić information content (AvgIpc) is 2.29. The first kappa shape index (κ1) is 18.9. The molecule has 19 heavy (non-hydrogen) atoms. The summed E-state index contributed by atoms with van der Waals surface area (Å²) in [5, 5.41) is 3.54. The van der Waals surface area contributed by atoms with Crippen LogP contribution in [0.2, 0.25) is 0 Å². The molecular weight excluding hydrogens is 258 g/mol. The molecule has 0 fully saturated rings. The molecule has 3 nitrogen and oxygen atoms in total. The summed E-state index contributed by atoms with van der Waals surface area (Å²) in [4.78, 5) is 0. The third kappa shape index (κ3) is 7.93. The second kappa shape index (κ2) is 7.63. The molecule has 0 spiro atoms. The molecule has 0 heterocycles. The van der Waals surface area contributed by atoms with Crippen LogP contribution in [0.25, 0.3) is 0 Å². The maximum atomic E-state index is 11.9. The van der Waals surface area contributed by atoms with E-state index in [0.717, 1.165) is 25.8 Å². The van der Waals surface area contributed by atoms with Gasteiger partial charge in [-0.2, -0.15) is 0 Å². The minimum atomic E-state index is -2.87. The summed E-state index contributed by atoms with van der Waals surface area (Å²) in [7, 11) is -2.87. The van der Waals surface area contributed by atoms with E-state index in [1.165, 1.54) is 0 Å². The van der Waals surface area contributed by atoms with Crippen LogP contribution in [0.1, 0.15) is 67.2 Å². The van der Waals surface area contributed by atoms with E-state index in [0.29, 0.717) is 17.9 Å². The average molecular weight is 292 g/mol. The van der Waals surface area contributed by atoms with Crippen LogP contribution in [0.3, 0.4) is 0 Å². The molecule has 0 radical (unpaired) electrons. The molecule has 4 heteroatoms. The van der Waals surface area contributed by atoms with Crippen molar-refractivity contribution in [2.75, 3.05) is 18.1 Å². The largest absolute Gasteiger partial charge is 0.312 e. The Hall–Kier alpha value is -0.0900. The minimum absolute atomic E-state index is 0.0812. The summed E-state index contributed by atoms with van der Waals surface area (Å²) in [6.45, 7) is 13.6. The Kier molecular flexibility index (Phi) is 7.59. The van der Waals surface area contributed by atoms with Crippen LogP contribution < -0.4 is 5.32 Å². The van der Waals surface area contributed by atoms with Gasteiger partial charge < -0.3 is 5.32 Å². The van der Waals surface area contributed by atoms with Crippen LogP contribution in [0.15, 0.2) is 0 Å². The van der Waals surface area contributed by atoms with Gasteiger partial charge in [-0.1, -0.05) is 20.8 Å². The smallest absolute Gasteiger partial charge is 0.150 e. The SMILES string of the molecule is CCCS(=O)(=O)CCC(CC)(CC)CNC(C)(C)C. The lowest BCUT2D eigenvalue weighted by Crippen LogP contribution is -2.44. The molecule has 116 valence electrons. The van der Waals surface area contributed by atoms with Crippen molar-refractivity contribution in [1.82, 2.24) is 5.32 Å². The second-order valence-electron chi connectivity index (χ2n) is 6.71. The van der Waals surface area contributed by atoms with Gasteiger partial charge in [0, 0.05) is 17.8 Å². The summed E-state index contributed by atoms with van der Waals surface area (Å²) in [6.07, 6.45) is 3.53. The Morgan fingerprint density at radius 3 is 1.84 bits per heavy atom. The Labute approximate surface area is 120 Å². The Balaban J connectivity index is 4.63. The molecule has 0 aliphatic rings. The molecule has 0 saturated carbocycles. The fourth-order valence-electron chi connectivity index (χ4n) is 2.18. The second-order valence-corrected chi connectivity index (χ2v) is 9.02. The molecule has 0 bridgehead atoms. The van der Waals surface area contributed by atoms with Gasteiger partial charge in [0.15, 0.2) is 0 Å². The van der Waals surface area contributed by atoms with Crippen molar-refractivity contribution >= 4 is 9.84 Å². The fraction of sp³-hybridized carbons (Fsp3) is 1.00. The lowest BCUT2D eigenvalue weighted by atomic mass is 9.79. The normalized spacial score (nSPS) is 13.8. The fourth-order valence-corrected chi connectivity index (χ4v) is 3.75. The number of rotatable bonds is 9. The van der Waals surface area contributed by atoms with Crippen molar-refractivity contribution in [2.45, 2.75) is 72.8 Å². The maximum Gasteiger partial charge on any atom is 0.150 e. The van der Waals surface area contributed by atoms with Crippen molar-refractivity contribution < 1.29 is 8.42 Å². The number of hydrogen-bond acceptors (Lipinski definition) is 3. The van der Waals surface area contributed by atoms with Crippen molar-refractivity contribution in [3.63, 3.8) is 0 Å². The van der Waals surface area contributed by atoms with E-state index < -0.39 is 9.84 Å². The van der Waals surface area contributed by atoms with E-state index in [1.807, 2.05) is 6.92 Å². The van der Waals surface area contributed by atoms with Crippen LogP contribution in [-0.4, -0.2) is 32.0 Å². The lowest BCUT2D eigenvalue weighted by Gasteiger charge is -2.35. The van der Waals surface area contributed by atoms with Gasteiger partial charge in [0.05, 0.1) is 5.75 Å². The zero-order valence-electron chi connectivity index (χ0n) is 13.7. The molecule has 1 N–H and O–H groups in total. The van der Waals surface area contributed by atoms with E-state index in [4.69, 9.17) is 0 Å². The number of hydrogen-bond donors (Lipinski definition) is 1. The molecule has 0 aromatic rings. The maximum absolute atomic E-state index is 11.9. The summed E-state index contributed by atoms with van der Waals surface area (Å²) >= 11 is 0. The molecular formula is C15H33NO2S. The molecule has 0 aromatic carbocycles. The van der Waals surface area contributed by atoms with Gasteiger partial charge in [0.2, 0.25) is 0 Å². The van der Waals surface area contributed by atoms with Crippen molar-refractivity contribution in [3.05, 3.63) is 0 Å². The molecule has 0 atom stereocenters. The zero-order valence-corrected chi connectivity index (χ0v) is 14.5. The minimum Gasteiger partial charge on any atom is -0.312 e. The van der Waals surface area contributed by atoms with Crippen molar-refractivity contribution in [1.29, 1.82) is 0 Å². The van der Waals surface area contributed by atoms with Crippen molar-refractivity contribution in [2.24, 2.45) is 5.41 Å². The molecule has 0 rings (SSSR count). The molecule has 0 aliphatic heterocycles. The van der Waals surface area contributed by atoms with Gasteiger partial charge in [-0.05, 0) is 51.9 Å². The Morgan fingerprint density at radius 2 is 1.47 bits per heavy atom. The Bertz CT molecular complexity index is 338. The highest BCUT2D eigenvalue weighted by molar-refractivity contribution is 7.91. The summed E-state index contributed by atoms with van der Waals surface area (Å²) in [5.74, 6) is 0.650. The quantitative estimate of drug-likeness (QED) is 0.708. The summed E-state index contributed by atoms with van der Waals surface area (Å²) < 4.78 is 23.8. The van der Waals surface area contributed by atoms with Gasteiger partial charge in [0.25, 0.3) is 0 Å². The van der Waals surface area contributed by atoms with E-state index >= 15 is 0 Å². The highest BCUT2D eigenvalue weighted by Crippen LogP contribution is 2.31. The molecule has 0 unspecified atom stereocenters. The van der Waals surface area contributed by atoms with Gasteiger partial charge in [-0.3, -0.25) is 0 Å². The van der Waals surface area contributed by atoms with Gasteiger partial charge in [0.1, 0.15) is 9.84 Å². The lowest BCUT2D eigenvalue weighted by molar-refractivity contribution is 0.214. The van der Waals surface area contributed by atoms with Gasteiger partial charge >= 0.3 is 0 Å². The van der Waals surface area contributed by atoms with Crippen LogP contribution in [0.4, 0.5) is 0 Å². The van der Waals surface area contributed by atoms with E-state index in [2.05, 4.69) is 39.9 Å². The van der Waals surface area contributed by atoms with Crippen LogP contribution in [-0.2, 0) is 9.84 Å². The molecule has 0 saturated heterocycles. The third-order valence-corrected chi connectivity index (χ3v) is 5.81. The van der Waals surface area contributed by atoms with E-state index in [-0.39, 0.29) is 11.0 Å². The predicted octanol–water partition coefficient (Wildman–Crippen LogP) is 3.40. The monoisotopic (exact) mass is 291 g/mol. The van der Waals surface area contributed by atoms with E-state index in [1.54, 1.807) is 0 Å². The molecule has 0 aromatic heterocycles. The Morgan fingerprint density at radius 1 is 0.947 bits per heavy atom. The highest BCUT2D eigenvalue weighted by Gasteiger charge is 2.29. The number of nitrogens with one attached hydrogen (secondary N) is 1. The van der Waals surface area contributed by atoms with E-state index in [9.17, 15) is 8.42 Å². The van der Waals surface area contributed by atoms with Crippen LogP contribution >= 0.6 is 0 Å². The topological polar surface area (TPSA) is 46.2 Å². The summed E-state index contributed by atoms with van der Waals surface area (Å²) in [5.41, 5.74) is 0.186. The van der Waals surface area contributed by atoms with Crippen LogP contribution in [0.5, 0.6) is 0 Å². The van der Waals surface area contributed by atoms with Crippen molar-refractivity contribution in [3.8, 4) is 0 Å².